The van der Waals surface area contributed by atoms with Crippen LogP contribution in [0.5, 0.6) is 0 Å². The van der Waals surface area contributed by atoms with Gasteiger partial charge < -0.3 is 14.7 Å². The normalized spacial score (nSPS) is 28.1. The summed E-state index contributed by atoms with van der Waals surface area (Å²) < 4.78 is 4.80. The molecule has 1 aliphatic heterocycles. The number of carbonyl (C=O) groups is 3. The molecule has 0 aromatic heterocycles. The lowest BCUT2D eigenvalue weighted by Gasteiger charge is -2.35. The molecule has 2 rings (SSSR count). The third-order valence-corrected chi connectivity index (χ3v) is 5.51. The molecule has 7 heteroatoms. The molecule has 2 aliphatic rings. The van der Waals surface area contributed by atoms with Gasteiger partial charge in [0.15, 0.2) is 0 Å². The number of nitrogens with one attached hydrogen (secondary N) is 1. The van der Waals surface area contributed by atoms with E-state index < -0.39 is 30.1 Å². The van der Waals surface area contributed by atoms with Gasteiger partial charge in [-0.05, 0) is 38.5 Å². The van der Waals surface area contributed by atoms with E-state index in [0.717, 1.165) is 32.1 Å². The fourth-order valence-corrected chi connectivity index (χ4v) is 4.29. The van der Waals surface area contributed by atoms with E-state index >= 15 is 0 Å². The van der Waals surface area contributed by atoms with Crippen molar-refractivity contribution >= 4 is 17.8 Å². The minimum absolute atomic E-state index is 0.00866. The summed E-state index contributed by atoms with van der Waals surface area (Å²) in [5.41, 5.74) is 0. The van der Waals surface area contributed by atoms with Gasteiger partial charge in [-0.25, -0.2) is 4.79 Å². The molecule has 1 saturated heterocycles. The number of esters is 1. The highest BCUT2D eigenvalue weighted by Gasteiger charge is 2.48. The van der Waals surface area contributed by atoms with Crippen molar-refractivity contribution in [3.05, 3.63) is 0 Å². The number of carbonyl (C=O) groups excluding carboxylic acids is 2. The van der Waals surface area contributed by atoms with Gasteiger partial charge in [-0.15, -0.1) is 0 Å². The maximum absolute atomic E-state index is 13.0. The molecular formula is C18H30N2O5. The first-order chi connectivity index (χ1) is 11.9. The van der Waals surface area contributed by atoms with Crippen LogP contribution >= 0.6 is 0 Å². The average Bonchev–Trinajstić information content (AvgIpc) is 2.99. The zero-order valence-corrected chi connectivity index (χ0v) is 15.4. The van der Waals surface area contributed by atoms with Crippen LogP contribution in [0.2, 0.25) is 0 Å². The predicted octanol–water partition coefficient (Wildman–Crippen LogP) is 1.55. The minimum Gasteiger partial charge on any atom is -0.480 e. The molecule has 0 aromatic carbocycles. The van der Waals surface area contributed by atoms with Gasteiger partial charge in [-0.2, -0.15) is 0 Å². The number of carboxylic acids is 1. The van der Waals surface area contributed by atoms with Gasteiger partial charge in [-0.3, -0.25) is 14.9 Å². The first-order valence-electron chi connectivity index (χ1n) is 9.29. The van der Waals surface area contributed by atoms with Gasteiger partial charge in [0, 0.05) is 6.04 Å². The molecular weight excluding hydrogens is 324 g/mol. The summed E-state index contributed by atoms with van der Waals surface area (Å²) in [6, 6.07) is -1.93. The monoisotopic (exact) mass is 354 g/mol. The molecule has 25 heavy (non-hydrogen) atoms. The topological polar surface area (TPSA) is 95.9 Å². The van der Waals surface area contributed by atoms with Gasteiger partial charge in [0.2, 0.25) is 5.91 Å². The molecule has 0 radical (unpaired) electrons. The summed E-state index contributed by atoms with van der Waals surface area (Å²) in [5.74, 6) is -1.29. The van der Waals surface area contributed by atoms with Crippen LogP contribution in [0.1, 0.15) is 58.8 Å². The lowest BCUT2D eigenvalue weighted by Crippen LogP contribution is -2.55. The molecule has 7 nitrogen and oxygen atoms in total. The van der Waals surface area contributed by atoms with Crippen LogP contribution in [0.25, 0.3) is 0 Å². The summed E-state index contributed by atoms with van der Waals surface area (Å²) in [4.78, 5) is 38.1. The second-order valence-electron chi connectivity index (χ2n) is 7.20. The van der Waals surface area contributed by atoms with Gasteiger partial charge in [-0.1, -0.05) is 26.2 Å². The Morgan fingerprint density at radius 3 is 2.56 bits per heavy atom. The lowest BCUT2D eigenvalue weighted by molar-refractivity contribution is -0.151. The first kappa shape index (κ1) is 19.7. The maximum Gasteiger partial charge on any atom is 0.326 e. The smallest absolute Gasteiger partial charge is 0.326 e. The molecule has 0 aromatic rings. The standard InChI is InChI=1S/C18H30N2O5/c1-4-7-13(18(24)25-3)19-11(2)16(21)20-14-9-6-5-8-12(14)10-15(20)17(22)23/h11-15,19H,4-10H2,1-3H3,(H,22,23). The van der Waals surface area contributed by atoms with E-state index in [1.807, 2.05) is 6.92 Å². The first-order valence-corrected chi connectivity index (χ1v) is 9.29. The summed E-state index contributed by atoms with van der Waals surface area (Å²) in [7, 11) is 1.33. The Balaban J connectivity index is 2.12. The summed E-state index contributed by atoms with van der Waals surface area (Å²) >= 11 is 0. The van der Waals surface area contributed by atoms with Crippen molar-refractivity contribution < 1.29 is 24.2 Å². The molecule has 0 spiro atoms. The number of methoxy groups -OCH3 is 1. The number of rotatable bonds is 7. The average molecular weight is 354 g/mol. The van der Waals surface area contributed by atoms with E-state index in [2.05, 4.69) is 5.32 Å². The number of hydrogen-bond acceptors (Lipinski definition) is 5. The van der Waals surface area contributed by atoms with E-state index in [1.165, 1.54) is 7.11 Å². The number of fused-ring (bicyclic) bond motifs is 1. The zero-order valence-electron chi connectivity index (χ0n) is 15.4. The van der Waals surface area contributed by atoms with E-state index in [4.69, 9.17) is 4.74 Å². The Bertz CT molecular complexity index is 510. The molecule has 1 saturated carbocycles. The third kappa shape index (κ3) is 4.32. The third-order valence-electron chi connectivity index (χ3n) is 5.51. The zero-order chi connectivity index (χ0) is 18.6. The Morgan fingerprint density at radius 2 is 1.96 bits per heavy atom. The van der Waals surface area contributed by atoms with Crippen molar-refractivity contribution in [3.8, 4) is 0 Å². The van der Waals surface area contributed by atoms with Crippen LogP contribution in [0.15, 0.2) is 0 Å². The van der Waals surface area contributed by atoms with Gasteiger partial charge in [0.05, 0.1) is 13.2 Å². The summed E-state index contributed by atoms with van der Waals surface area (Å²) in [6.07, 6.45) is 5.86. The van der Waals surface area contributed by atoms with Crippen molar-refractivity contribution in [1.29, 1.82) is 0 Å². The SMILES string of the molecule is CCCC(NC(C)C(=O)N1C(C(=O)O)CC2CCCCC21)C(=O)OC. The Kier molecular flexibility index (Phi) is 6.81. The second-order valence-corrected chi connectivity index (χ2v) is 7.20. The molecule has 5 atom stereocenters. The maximum atomic E-state index is 13.0. The van der Waals surface area contributed by atoms with Crippen molar-refractivity contribution in [2.75, 3.05) is 7.11 Å². The summed E-state index contributed by atoms with van der Waals surface area (Å²) in [5, 5.41) is 12.6. The highest BCUT2D eigenvalue weighted by molar-refractivity contribution is 5.88. The number of nitrogens with zero attached hydrogens (tertiary/aromatic N) is 1. The van der Waals surface area contributed by atoms with Gasteiger partial charge in [0.1, 0.15) is 12.1 Å². The molecule has 1 amide bonds. The minimum atomic E-state index is -0.937. The Morgan fingerprint density at radius 1 is 1.28 bits per heavy atom. The Hall–Kier alpha value is -1.63. The number of aliphatic carboxylic acids is 1. The molecule has 2 fully saturated rings. The van der Waals surface area contributed by atoms with Crippen LogP contribution in [0, 0.1) is 5.92 Å². The number of ether oxygens (including phenoxy) is 1. The highest BCUT2D eigenvalue weighted by atomic mass is 16.5. The molecule has 5 unspecified atom stereocenters. The van der Waals surface area contributed by atoms with E-state index in [1.54, 1.807) is 11.8 Å². The van der Waals surface area contributed by atoms with E-state index in [-0.39, 0.29) is 17.9 Å². The fraction of sp³-hybridized carbons (Fsp3) is 0.833. The Labute approximate surface area is 149 Å². The number of likely N-dealkylation sites (tertiary alicyclic amines) is 1. The largest absolute Gasteiger partial charge is 0.480 e. The molecule has 142 valence electrons. The second kappa shape index (κ2) is 8.65. The van der Waals surface area contributed by atoms with Crippen molar-refractivity contribution in [2.45, 2.75) is 83.0 Å². The van der Waals surface area contributed by atoms with E-state index in [9.17, 15) is 19.5 Å². The van der Waals surface area contributed by atoms with Crippen LogP contribution in [0.4, 0.5) is 0 Å². The quantitative estimate of drug-likeness (QED) is 0.674. The molecule has 1 aliphatic carbocycles. The van der Waals surface area contributed by atoms with Crippen LogP contribution < -0.4 is 5.32 Å². The lowest BCUT2D eigenvalue weighted by atomic mass is 9.84. The van der Waals surface area contributed by atoms with Gasteiger partial charge >= 0.3 is 11.9 Å². The number of carboxylic acid groups (broad SMARTS) is 1. The molecule has 1 heterocycles. The van der Waals surface area contributed by atoms with Gasteiger partial charge in [0.25, 0.3) is 0 Å². The predicted molar refractivity (Wildman–Crippen MR) is 91.9 cm³/mol. The number of amides is 1. The fourth-order valence-electron chi connectivity index (χ4n) is 4.29. The molecule has 0 bridgehead atoms. The van der Waals surface area contributed by atoms with Crippen molar-refractivity contribution in [3.63, 3.8) is 0 Å². The van der Waals surface area contributed by atoms with Crippen LogP contribution in [-0.2, 0) is 19.1 Å². The summed E-state index contributed by atoms with van der Waals surface area (Å²) in [6.45, 7) is 3.65. The van der Waals surface area contributed by atoms with E-state index in [0.29, 0.717) is 12.8 Å². The van der Waals surface area contributed by atoms with Crippen LogP contribution in [0.3, 0.4) is 0 Å². The number of hydrogen-bond donors (Lipinski definition) is 2. The van der Waals surface area contributed by atoms with Crippen LogP contribution in [-0.4, -0.2) is 59.1 Å². The highest BCUT2D eigenvalue weighted by Crippen LogP contribution is 2.40. The van der Waals surface area contributed by atoms with Crippen molar-refractivity contribution in [1.82, 2.24) is 10.2 Å². The molecule has 2 N–H and O–H groups in total. The van der Waals surface area contributed by atoms with Crippen molar-refractivity contribution in [2.24, 2.45) is 5.92 Å².